The molecule has 2 heteroatoms. The van der Waals surface area contributed by atoms with E-state index in [0.29, 0.717) is 0 Å². The molecule has 0 atom stereocenters. The Morgan fingerprint density at radius 1 is 0.340 bits per heavy atom. The minimum atomic E-state index is 0.889. The Hall–Kier alpha value is -6.64. The Labute approximate surface area is 290 Å². The maximum absolute atomic E-state index is 6.51. The van der Waals surface area contributed by atoms with Gasteiger partial charge in [0.15, 0.2) is 0 Å². The Kier molecular flexibility index (Phi) is 6.53. The summed E-state index contributed by atoms with van der Waals surface area (Å²) >= 11 is 0. The van der Waals surface area contributed by atoms with Crippen molar-refractivity contribution in [2.75, 3.05) is 4.90 Å². The number of nitrogens with zero attached hydrogens (tertiary/aromatic N) is 1. The molecule has 0 amide bonds. The second kappa shape index (κ2) is 11.5. The molecule has 0 aliphatic carbocycles. The molecule has 0 spiro atoms. The monoisotopic (exact) mass is 637 g/mol. The van der Waals surface area contributed by atoms with Gasteiger partial charge in [0.2, 0.25) is 0 Å². The van der Waals surface area contributed by atoms with Crippen molar-refractivity contribution >= 4 is 71.3 Å². The second-order valence-corrected chi connectivity index (χ2v) is 13.0. The third-order valence-electron chi connectivity index (χ3n) is 10.00. The van der Waals surface area contributed by atoms with Gasteiger partial charge in [0.25, 0.3) is 0 Å². The number of hydrogen-bond donors (Lipinski definition) is 0. The molecule has 0 saturated heterocycles. The van der Waals surface area contributed by atoms with Gasteiger partial charge in [-0.15, -0.1) is 0 Å². The maximum Gasteiger partial charge on any atom is 0.136 e. The lowest BCUT2D eigenvalue weighted by molar-refractivity contribution is 0.669. The van der Waals surface area contributed by atoms with Crippen molar-refractivity contribution in [2.24, 2.45) is 0 Å². The lowest BCUT2D eigenvalue weighted by Crippen LogP contribution is -2.11. The van der Waals surface area contributed by atoms with E-state index < -0.39 is 0 Å². The number of anilines is 3. The van der Waals surface area contributed by atoms with E-state index in [4.69, 9.17) is 4.42 Å². The van der Waals surface area contributed by atoms with Crippen LogP contribution in [-0.2, 0) is 0 Å². The van der Waals surface area contributed by atoms with Crippen molar-refractivity contribution in [3.63, 3.8) is 0 Å². The summed E-state index contributed by atoms with van der Waals surface area (Å²) < 4.78 is 6.51. The SMILES string of the molecule is c1ccc(N(c2ccc(-c3ccc4ccccc4c3)cc2)c2ccc3ccccc3c2)c(-c2cccc3oc4cc5ccccc5cc4c23)c1. The fraction of sp³-hybridized carbons (Fsp3) is 0. The van der Waals surface area contributed by atoms with Gasteiger partial charge in [-0.2, -0.15) is 0 Å². The van der Waals surface area contributed by atoms with Gasteiger partial charge in [-0.3, -0.25) is 0 Å². The van der Waals surface area contributed by atoms with Crippen molar-refractivity contribution in [1.82, 2.24) is 0 Å². The highest BCUT2D eigenvalue weighted by Crippen LogP contribution is 2.45. The van der Waals surface area contributed by atoms with E-state index in [1.807, 2.05) is 0 Å². The van der Waals surface area contributed by atoms with Gasteiger partial charge in [-0.05, 0) is 104 Å². The second-order valence-electron chi connectivity index (χ2n) is 13.0. The molecule has 1 heterocycles. The zero-order valence-electron chi connectivity index (χ0n) is 27.3. The first-order valence-corrected chi connectivity index (χ1v) is 17.1. The normalized spacial score (nSPS) is 11.6. The van der Waals surface area contributed by atoms with Crippen LogP contribution in [0, 0.1) is 0 Å². The van der Waals surface area contributed by atoms with Gasteiger partial charge in [0.05, 0.1) is 5.69 Å². The average molecular weight is 638 g/mol. The molecule has 50 heavy (non-hydrogen) atoms. The van der Waals surface area contributed by atoms with Crippen molar-refractivity contribution in [1.29, 1.82) is 0 Å². The zero-order valence-corrected chi connectivity index (χ0v) is 27.3. The summed E-state index contributed by atoms with van der Waals surface area (Å²) in [4.78, 5) is 2.39. The summed E-state index contributed by atoms with van der Waals surface area (Å²) in [6.45, 7) is 0. The van der Waals surface area contributed by atoms with E-state index in [2.05, 4.69) is 193 Å². The summed E-state index contributed by atoms with van der Waals surface area (Å²) in [6.07, 6.45) is 0. The molecule has 0 N–H and O–H groups in total. The number of hydrogen-bond acceptors (Lipinski definition) is 2. The van der Waals surface area contributed by atoms with Gasteiger partial charge in [0.1, 0.15) is 11.2 Å². The van der Waals surface area contributed by atoms with Crippen LogP contribution in [0.3, 0.4) is 0 Å². The highest BCUT2D eigenvalue weighted by molar-refractivity contribution is 6.16. The lowest BCUT2D eigenvalue weighted by atomic mass is 9.96. The van der Waals surface area contributed by atoms with Gasteiger partial charge in [-0.1, -0.05) is 133 Å². The summed E-state index contributed by atoms with van der Waals surface area (Å²) in [5, 5.41) is 9.56. The highest BCUT2D eigenvalue weighted by atomic mass is 16.3. The van der Waals surface area contributed by atoms with Gasteiger partial charge < -0.3 is 9.32 Å². The van der Waals surface area contributed by atoms with E-state index in [1.54, 1.807) is 0 Å². The molecule has 0 bridgehead atoms. The topological polar surface area (TPSA) is 16.4 Å². The molecule has 234 valence electrons. The number of benzene rings is 9. The molecule has 1 aromatic heterocycles. The smallest absolute Gasteiger partial charge is 0.136 e. The molecule has 0 aliphatic rings. The van der Waals surface area contributed by atoms with Gasteiger partial charge in [-0.25, -0.2) is 0 Å². The van der Waals surface area contributed by atoms with E-state index in [9.17, 15) is 0 Å². The summed E-state index contributed by atoms with van der Waals surface area (Å²) in [5.74, 6) is 0. The lowest BCUT2D eigenvalue weighted by Gasteiger charge is -2.28. The Bertz CT molecular complexity index is 2880. The molecular weight excluding hydrogens is 607 g/mol. The molecule has 2 nitrogen and oxygen atoms in total. The molecular formula is C48H31NO. The molecule has 9 aromatic carbocycles. The minimum absolute atomic E-state index is 0.889. The van der Waals surface area contributed by atoms with Crippen LogP contribution in [0.15, 0.2) is 192 Å². The van der Waals surface area contributed by atoms with Gasteiger partial charge >= 0.3 is 0 Å². The first kappa shape index (κ1) is 28.4. The predicted octanol–water partition coefficient (Wildman–Crippen LogP) is 13.8. The third kappa shape index (κ3) is 4.73. The molecule has 0 unspecified atom stereocenters. The average Bonchev–Trinajstić information content (AvgIpc) is 3.55. The summed E-state index contributed by atoms with van der Waals surface area (Å²) in [7, 11) is 0. The first-order valence-electron chi connectivity index (χ1n) is 17.1. The molecule has 0 fully saturated rings. The van der Waals surface area contributed by atoms with Crippen molar-refractivity contribution < 1.29 is 4.42 Å². The number of para-hydroxylation sites is 1. The standard InChI is InChI=1S/C48H31NO/c1-3-12-35-28-39(21-20-32(35)10-1)34-22-25-40(26-23-34)49(41-27-24-33-11-2-4-13-36(33)29-41)45-18-8-7-16-42(45)43-17-9-19-46-48(43)44-30-37-14-5-6-15-38(37)31-47(44)50-46/h1-31H. The maximum atomic E-state index is 6.51. The number of rotatable bonds is 5. The van der Waals surface area contributed by atoms with Crippen LogP contribution in [0.4, 0.5) is 17.1 Å². The van der Waals surface area contributed by atoms with Gasteiger partial charge in [0, 0.05) is 27.7 Å². The van der Waals surface area contributed by atoms with E-state index >= 15 is 0 Å². The van der Waals surface area contributed by atoms with Crippen LogP contribution in [0.1, 0.15) is 0 Å². The van der Waals surface area contributed by atoms with Crippen LogP contribution in [-0.4, -0.2) is 0 Å². The Balaban J connectivity index is 1.17. The van der Waals surface area contributed by atoms with Crippen molar-refractivity contribution in [2.45, 2.75) is 0 Å². The summed E-state index contributed by atoms with van der Waals surface area (Å²) in [5.41, 5.74) is 9.76. The van der Waals surface area contributed by atoms with Crippen molar-refractivity contribution in [3.8, 4) is 22.3 Å². The molecule has 10 rings (SSSR count). The van der Waals surface area contributed by atoms with Crippen LogP contribution in [0.25, 0.3) is 76.5 Å². The zero-order chi connectivity index (χ0) is 33.0. The van der Waals surface area contributed by atoms with E-state index in [0.717, 1.165) is 50.1 Å². The first-order chi connectivity index (χ1) is 24.8. The fourth-order valence-electron chi connectivity index (χ4n) is 7.55. The Morgan fingerprint density at radius 3 is 1.66 bits per heavy atom. The predicted molar refractivity (Wildman–Crippen MR) is 212 cm³/mol. The minimum Gasteiger partial charge on any atom is -0.456 e. The molecule has 0 saturated carbocycles. The third-order valence-corrected chi connectivity index (χ3v) is 10.00. The molecule has 10 aromatic rings. The van der Waals surface area contributed by atoms with Crippen molar-refractivity contribution in [3.05, 3.63) is 188 Å². The number of furan rings is 1. The van der Waals surface area contributed by atoms with Crippen LogP contribution >= 0.6 is 0 Å². The number of fused-ring (bicyclic) bond motifs is 6. The van der Waals surface area contributed by atoms with Crippen LogP contribution < -0.4 is 4.90 Å². The molecule has 0 radical (unpaired) electrons. The van der Waals surface area contributed by atoms with E-state index in [-0.39, 0.29) is 0 Å². The Morgan fingerprint density at radius 2 is 0.900 bits per heavy atom. The highest BCUT2D eigenvalue weighted by Gasteiger charge is 2.21. The largest absolute Gasteiger partial charge is 0.456 e. The fourth-order valence-corrected chi connectivity index (χ4v) is 7.55. The summed E-state index contributed by atoms with van der Waals surface area (Å²) in [6, 6.07) is 67.6. The quantitative estimate of drug-likeness (QED) is 0.187. The van der Waals surface area contributed by atoms with Crippen LogP contribution in [0.5, 0.6) is 0 Å². The van der Waals surface area contributed by atoms with E-state index in [1.165, 1.54) is 43.4 Å². The molecule has 0 aliphatic heterocycles. The van der Waals surface area contributed by atoms with Crippen LogP contribution in [0.2, 0.25) is 0 Å².